The summed E-state index contributed by atoms with van der Waals surface area (Å²) in [4.78, 5) is 39.0. The van der Waals surface area contributed by atoms with Crippen molar-refractivity contribution in [2.24, 2.45) is 0 Å². The lowest BCUT2D eigenvalue weighted by atomic mass is 10.2. The lowest BCUT2D eigenvalue weighted by Gasteiger charge is -2.15. The molecule has 1 heterocycles. The summed E-state index contributed by atoms with van der Waals surface area (Å²) >= 11 is 6.17. The third kappa shape index (κ3) is 4.58. The maximum absolute atomic E-state index is 12.9. The quantitative estimate of drug-likeness (QED) is 0.520. The Bertz CT molecular complexity index is 1250. The Balaban J connectivity index is 1.45. The summed E-state index contributed by atoms with van der Waals surface area (Å²) in [5, 5.41) is 5.51. The van der Waals surface area contributed by atoms with Gasteiger partial charge in [0, 0.05) is 16.9 Å². The molecule has 8 heteroatoms. The van der Waals surface area contributed by atoms with Crippen LogP contribution in [0.2, 0.25) is 0 Å². The molecule has 33 heavy (non-hydrogen) atoms. The molecule has 0 spiro atoms. The number of carbonyl (C=O) groups excluding carboxylic acids is 3. The minimum Gasteiger partial charge on any atom is -0.497 e. The van der Waals surface area contributed by atoms with Gasteiger partial charge in [-0.1, -0.05) is 29.3 Å². The van der Waals surface area contributed by atoms with Crippen LogP contribution < -0.4 is 20.3 Å². The van der Waals surface area contributed by atoms with Crippen LogP contribution in [0.15, 0.2) is 83.5 Å². The normalized spacial score (nSPS) is 13.4. The highest BCUT2D eigenvalue weighted by Crippen LogP contribution is 2.30. The number of hydrogen-bond acceptors (Lipinski definition) is 5. The molecule has 3 amide bonds. The number of imide groups is 1. The fourth-order valence-corrected chi connectivity index (χ4v) is 3.48. The Hall–Kier alpha value is -4.10. The number of anilines is 3. The van der Waals surface area contributed by atoms with Gasteiger partial charge in [0.1, 0.15) is 16.5 Å². The lowest BCUT2D eigenvalue weighted by Crippen LogP contribution is -2.32. The molecule has 0 saturated heterocycles. The summed E-state index contributed by atoms with van der Waals surface area (Å²) in [6.07, 6.45) is 0. The number of amides is 3. The summed E-state index contributed by atoms with van der Waals surface area (Å²) in [5.41, 5.74) is 2.99. The number of nitrogens with one attached hydrogen (secondary N) is 2. The van der Waals surface area contributed by atoms with E-state index in [9.17, 15) is 14.4 Å². The highest BCUT2D eigenvalue weighted by Gasteiger charge is 2.38. The van der Waals surface area contributed by atoms with E-state index in [1.54, 1.807) is 67.8 Å². The number of rotatable bonds is 6. The van der Waals surface area contributed by atoms with Gasteiger partial charge < -0.3 is 15.4 Å². The number of ether oxygens (including phenoxy) is 1. The molecule has 2 N–H and O–H groups in total. The molecule has 0 saturated carbocycles. The average molecular weight is 462 g/mol. The van der Waals surface area contributed by atoms with Crippen molar-refractivity contribution in [1.82, 2.24) is 0 Å². The van der Waals surface area contributed by atoms with Crippen molar-refractivity contribution in [1.29, 1.82) is 0 Å². The standard InChI is InChI=1S/C25H20ClN3O4/c1-15-3-11-19(12-4-15)29-24(31)21(26)22(25(29)32)27-17-7-5-16(6-8-17)23(30)28-18-9-13-20(33-2)14-10-18/h3-14,27H,1-2H3,(H,28,30). The van der Waals surface area contributed by atoms with Gasteiger partial charge in [-0.3, -0.25) is 14.4 Å². The number of halogens is 1. The van der Waals surface area contributed by atoms with Gasteiger partial charge in [0.2, 0.25) is 0 Å². The molecule has 0 bridgehead atoms. The van der Waals surface area contributed by atoms with Crippen LogP contribution >= 0.6 is 11.6 Å². The minimum atomic E-state index is -0.594. The summed E-state index contributed by atoms with van der Waals surface area (Å²) in [6, 6.07) is 20.5. The zero-order chi connectivity index (χ0) is 23.5. The molecule has 0 aromatic heterocycles. The number of carbonyl (C=O) groups is 3. The van der Waals surface area contributed by atoms with E-state index in [-0.39, 0.29) is 16.6 Å². The molecule has 0 aliphatic carbocycles. The predicted molar refractivity (Wildman–Crippen MR) is 128 cm³/mol. The van der Waals surface area contributed by atoms with Crippen molar-refractivity contribution in [3.8, 4) is 5.75 Å². The number of methoxy groups -OCH3 is 1. The fourth-order valence-electron chi connectivity index (χ4n) is 3.27. The molecule has 0 unspecified atom stereocenters. The first-order chi connectivity index (χ1) is 15.9. The number of hydrogen-bond donors (Lipinski definition) is 2. The van der Waals surface area contributed by atoms with Crippen molar-refractivity contribution in [3.63, 3.8) is 0 Å². The second-order valence-electron chi connectivity index (χ2n) is 7.36. The molecule has 0 atom stereocenters. The molecule has 1 aliphatic heterocycles. The second kappa shape index (κ2) is 9.18. The van der Waals surface area contributed by atoms with Crippen molar-refractivity contribution in [2.75, 3.05) is 22.6 Å². The van der Waals surface area contributed by atoms with Gasteiger partial charge in [0.05, 0.1) is 12.8 Å². The van der Waals surface area contributed by atoms with Gasteiger partial charge in [0.15, 0.2) is 0 Å². The van der Waals surface area contributed by atoms with Crippen LogP contribution in [0.3, 0.4) is 0 Å². The topological polar surface area (TPSA) is 87.7 Å². The molecule has 3 aromatic rings. The summed E-state index contributed by atoms with van der Waals surface area (Å²) in [5.74, 6) is -0.738. The molecule has 166 valence electrons. The van der Waals surface area contributed by atoms with Crippen LogP contribution in [0.1, 0.15) is 15.9 Å². The van der Waals surface area contributed by atoms with Gasteiger partial charge in [-0.15, -0.1) is 0 Å². The van der Waals surface area contributed by atoms with Gasteiger partial charge in [-0.05, 0) is 67.6 Å². The number of aryl methyl sites for hydroxylation is 1. The zero-order valence-corrected chi connectivity index (χ0v) is 18.6. The van der Waals surface area contributed by atoms with Crippen LogP contribution in [0.4, 0.5) is 17.1 Å². The monoisotopic (exact) mass is 461 g/mol. The highest BCUT2D eigenvalue weighted by atomic mass is 35.5. The van der Waals surface area contributed by atoms with Crippen molar-refractivity contribution in [3.05, 3.63) is 94.7 Å². The van der Waals surface area contributed by atoms with E-state index in [1.807, 2.05) is 19.1 Å². The summed E-state index contributed by atoms with van der Waals surface area (Å²) in [6.45, 7) is 1.91. The second-order valence-corrected chi connectivity index (χ2v) is 7.73. The van der Waals surface area contributed by atoms with Gasteiger partial charge in [-0.2, -0.15) is 0 Å². The van der Waals surface area contributed by atoms with E-state index in [4.69, 9.17) is 16.3 Å². The van der Waals surface area contributed by atoms with E-state index in [1.165, 1.54) is 0 Å². The van der Waals surface area contributed by atoms with Crippen molar-refractivity contribution >= 4 is 46.4 Å². The summed E-state index contributed by atoms with van der Waals surface area (Å²) < 4.78 is 5.10. The molecule has 0 radical (unpaired) electrons. The summed E-state index contributed by atoms with van der Waals surface area (Å²) in [7, 11) is 1.57. The van der Waals surface area contributed by atoms with E-state index >= 15 is 0 Å². The van der Waals surface area contributed by atoms with E-state index < -0.39 is 11.8 Å². The molecular formula is C25H20ClN3O4. The van der Waals surface area contributed by atoms with Crippen LogP contribution in [-0.2, 0) is 9.59 Å². The van der Waals surface area contributed by atoms with E-state index in [0.717, 1.165) is 10.5 Å². The highest BCUT2D eigenvalue weighted by molar-refractivity contribution is 6.53. The molecular weight excluding hydrogens is 442 g/mol. The van der Waals surface area contributed by atoms with E-state index in [0.29, 0.717) is 28.4 Å². The Morgan fingerprint density at radius 2 is 1.45 bits per heavy atom. The van der Waals surface area contributed by atoms with E-state index in [2.05, 4.69) is 10.6 Å². The van der Waals surface area contributed by atoms with Gasteiger partial charge >= 0.3 is 0 Å². The Labute approximate surface area is 195 Å². The van der Waals surface area contributed by atoms with Crippen LogP contribution in [0.5, 0.6) is 5.75 Å². The largest absolute Gasteiger partial charge is 0.497 e. The van der Waals surface area contributed by atoms with Crippen LogP contribution in [0, 0.1) is 6.92 Å². The SMILES string of the molecule is COc1ccc(NC(=O)c2ccc(NC3=C(Cl)C(=O)N(c4ccc(C)cc4)C3=O)cc2)cc1. The third-order valence-corrected chi connectivity index (χ3v) is 5.43. The average Bonchev–Trinajstić information content (AvgIpc) is 3.04. The first-order valence-electron chi connectivity index (χ1n) is 10.0. The first-order valence-corrected chi connectivity index (χ1v) is 10.4. The smallest absolute Gasteiger partial charge is 0.283 e. The molecule has 3 aromatic carbocycles. The Kier molecular flexibility index (Phi) is 6.15. The van der Waals surface area contributed by atoms with Gasteiger partial charge in [0.25, 0.3) is 17.7 Å². The zero-order valence-electron chi connectivity index (χ0n) is 17.9. The van der Waals surface area contributed by atoms with Crippen molar-refractivity contribution < 1.29 is 19.1 Å². The number of benzene rings is 3. The maximum atomic E-state index is 12.9. The predicted octanol–water partition coefficient (Wildman–Crippen LogP) is 4.69. The Morgan fingerprint density at radius 1 is 0.848 bits per heavy atom. The lowest BCUT2D eigenvalue weighted by molar-refractivity contribution is -0.120. The molecule has 4 rings (SSSR count). The molecule has 0 fully saturated rings. The first kappa shape index (κ1) is 22.1. The molecule has 1 aliphatic rings. The van der Waals surface area contributed by atoms with Crippen LogP contribution in [-0.4, -0.2) is 24.8 Å². The maximum Gasteiger partial charge on any atom is 0.283 e. The van der Waals surface area contributed by atoms with Crippen molar-refractivity contribution in [2.45, 2.75) is 6.92 Å². The molecule has 7 nitrogen and oxygen atoms in total. The van der Waals surface area contributed by atoms with Crippen LogP contribution in [0.25, 0.3) is 0 Å². The minimum absolute atomic E-state index is 0.0160. The fraction of sp³-hybridized carbons (Fsp3) is 0.0800. The van der Waals surface area contributed by atoms with Gasteiger partial charge in [-0.25, -0.2) is 4.90 Å². The number of nitrogens with zero attached hydrogens (tertiary/aromatic N) is 1. The Morgan fingerprint density at radius 3 is 2.06 bits per heavy atom. The third-order valence-electron chi connectivity index (χ3n) is 5.08.